The Morgan fingerprint density at radius 2 is 2.00 bits per heavy atom. The molecule has 0 aliphatic carbocycles. The minimum atomic E-state index is 0.871. The van der Waals surface area contributed by atoms with Gasteiger partial charge in [0.15, 0.2) is 0 Å². The van der Waals surface area contributed by atoms with Gasteiger partial charge in [-0.3, -0.25) is 4.68 Å². The highest BCUT2D eigenvalue weighted by molar-refractivity contribution is 5.44. The molecule has 0 bridgehead atoms. The van der Waals surface area contributed by atoms with Gasteiger partial charge in [-0.25, -0.2) is 4.98 Å². The van der Waals surface area contributed by atoms with Crippen LogP contribution in [0.15, 0.2) is 30.6 Å². The average molecular weight is 216 g/mol. The fraction of sp³-hybridized carbons (Fsp3) is 0.333. The highest BCUT2D eigenvalue weighted by Crippen LogP contribution is 2.08. The van der Waals surface area contributed by atoms with Gasteiger partial charge in [-0.15, -0.1) is 0 Å². The van der Waals surface area contributed by atoms with E-state index in [1.54, 1.807) is 11.0 Å². The smallest absolute Gasteiger partial charge is 0.138 e. The van der Waals surface area contributed by atoms with Crippen molar-refractivity contribution in [1.82, 2.24) is 14.8 Å². The third kappa shape index (κ3) is 2.59. The Morgan fingerprint density at radius 1 is 1.25 bits per heavy atom. The first-order chi connectivity index (χ1) is 7.75. The van der Waals surface area contributed by atoms with Crippen LogP contribution in [0.4, 0.5) is 5.69 Å². The van der Waals surface area contributed by atoms with Crippen molar-refractivity contribution in [1.29, 1.82) is 0 Å². The SMILES string of the molecule is Cc1ccc(NCCc2ncnn2C)cc1. The number of anilines is 1. The molecular formula is C12H16N4. The molecule has 4 nitrogen and oxygen atoms in total. The molecule has 1 aromatic carbocycles. The molecule has 0 radical (unpaired) electrons. The maximum absolute atomic E-state index is 4.17. The highest BCUT2D eigenvalue weighted by Gasteiger charge is 1.99. The summed E-state index contributed by atoms with van der Waals surface area (Å²) in [5.74, 6) is 1.000. The van der Waals surface area contributed by atoms with Crippen molar-refractivity contribution in [3.63, 3.8) is 0 Å². The van der Waals surface area contributed by atoms with E-state index in [0.717, 1.165) is 24.5 Å². The summed E-state index contributed by atoms with van der Waals surface area (Å²) < 4.78 is 1.80. The van der Waals surface area contributed by atoms with Crippen LogP contribution in [0.3, 0.4) is 0 Å². The van der Waals surface area contributed by atoms with Crippen molar-refractivity contribution < 1.29 is 0 Å². The lowest BCUT2D eigenvalue weighted by Crippen LogP contribution is -2.09. The predicted molar refractivity (Wildman–Crippen MR) is 64.4 cm³/mol. The van der Waals surface area contributed by atoms with Gasteiger partial charge in [0.25, 0.3) is 0 Å². The number of aromatic nitrogens is 3. The van der Waals surface area contributed by atoms with Gasteiger partial charge in [-0.1, -0.05) is 17.7 Å². The maximum atomic E-state index is 4.17. The summed E-state index contributed by atoms with van der Waals surface area (Å²) in [6.45, 7) is 2.96. The van der Waals surface area contributed by atoms with Crippen LogP contribution in [-0.4, -0.2) is 21.3 Å². The normalized spacial score (nSPS) is 10.4. The molecule has 0 unspecified atom stereocenters. The Bertz CT molecular complexity index is 444. The van der Waals surface area contributed by atoms with Gasteiger partial charge in [0, 0.05) is 25.7 Å². The van der Waals surface area contributed by atoms with Gasteiger partial charge in [-0.2, -0.15) is 5.10 Å². The van der Waals surface area contributed by atoms with E-state index in [4.69, 9.17) is 0 Å². The Balaban J connectivity index is 1.84. The zero-order valence-electron chi connectivity index (χ0n) is 9.64. The van der Waals surface area contributed by atoms with E-state index < -0.39 is 0 Å². The van der Waals surface area contributed by atoms with Gasteiger partial charge in [0.1, 0.15) is 12.2 Å². The molecule has 0 saturated heterocycles. The lowest BCUT2D eigenvalue weighted by Gasteiger charge is -2.06. The van der Waals surface area contributed by atoms with Crippen LogP contribution in [0.2, 0.25) is 0 Å². The number of nitrogens with zero attached hydrogens (tertiary/aromatic N) is 3. The molecule has 4 heteroatoms. The van der Waals surface area contributed by atoms with Crippen LogP contribution in [0.5, 0.6) is 0 Å². The first-order valence-electron chi connectivity index (χ1n) is 5.39. The first kappa shape index (κ1) is 10.7. The fourth-order valence-electron chi connectivity index (χ4n) is 1.54. The number of nitrogens with one attached hydrogen (secondary N) is 1. The topological polar surface area (TPSA) is 42.7 Å². The Kier molecular flexibility index (Phi) is 3.19. The van der Waals surface area contributed by atoms with Gasteiger partial charge in [0.2, 0.25) is 0 Å². The lowest BCUT2D eigenvalue weighted by molar-refractivity contribution is 0.701. The second-order valence-corrected chi connectivity index (χ2v) is 3.84. The number of rotatable bonds is 4. The lowest BCUT2D eigenvalue weighted by atomic mass is 10.2. The van der Waals surface area contributed by atoms with E-state index in [9.17, 15) is 0 Å². The van der Waals surface area contributed by atoms with Gasteiger partial charge in [0.05, 0.1) is 0 Å². The minimum absolute atomic E-state index is 0.871. The third-order valence-electron chi connectivity index (χ3n) is 2.53. The molecule has 2 rings (SSSR count). The van der Waals surface area contributed by atoms with Crippen molar-refractivity contribution in [3.8, 4) is 0 Å². The van der Waals surface area contributed by atoms with Crippen LogP contribution in [-0.2, 0) is 13.5 Å². The number of benzene rings is 1. The largest absolute Gasteiger partial charge is 0.385 e. The van der Waals surface area contributed by atoms with E-state index in [2.05, 4.69) is 46.6 Å². The molecule has 0 atom stereocenters. The van der Waals surface area contributed by atoms with Crippen molar-refractivity contribution in [2.75, 3.05) is 11.9 Å². The summed E-state index contributed by atoms with van der Waals surface area (Å²) in [7, 11) is 1.91. The van der Waals surface area contributed by atoms with Crippen LogP contribution in [0.1, 0.15) is 11.4 Å². The van der Waals surface area contributed by atoms with Crippen molar-refractivity contribution in [2.45, 2.75) is 13.3 Å². The molecule has 1 heterocycles. The molecule has 2 aromatic rings. The molecule has 0 aliphatic heterocycles. The summed E-state index contributed by atoms with van der Waals surface area (Å²) in [4.78, 5) is 4.17. The molecule has 1 aromatic heterocycles. The molecule has 84 valence electrons. The second kappa shape index (κ2) is 4.79. The van der Waals surface area contributed by atoms with Crippen molar-refractivity contribution in [3.05, 3.63) is 42.0 Å². The summed E-state index contributed by atoms with van der Waals surface area (Å²) in [5, 5.41) is 7.39. The Morgan fingerprint density at radius 3 is 2.62 bits per heavy atom. The van der Waals surface area contributed by atoms with Crippen LogP contribution < -0.4 is 5.32 Å². The first-order valence-corrected chi connectivity index (χ1v) is 5.39. The molecular weight excluding hydrogens is 200 g/mol. The number of hydrogen-bond acceptors (Lipinski definition) is 3. The molecule has 16 heavy (non-hydrogen) atoms. The zero-order valence-corrected chi connectivity index (χ0v) is 9.64. The quantitative estimate of drug-likeness (QED) is 0.847. The standard InChI is InChI=1S/C12H16N4/c1-10-3-5-11(6-4-10)13-8-7-12-14-9-15-16(12)2/h3-6,9,13H,7-8H2,1-2H3. The van der Waals surface area contributed by atoms with E-state index in [1.165, 1.54) is 5.56 Å². The van der Waals surface area contributed by atoms with Crippen LogP contribution in [0.25, 0.3) is 0 Å². The Labute approximate surface area is 95.3 Å². The van der Waals surface area contributed by atoms with E-state index in [0.29, 0.717) is 0 Å². The summed E-state index contributed by atoms with van der Waals surface area (Å²) in [5.41, 5.74) is 2.42. The average Bonchev–Trinajstić information content (AvgIpc) is 2.68. The van der Waals surface area contributed by atoms with Gasteiger partial charge < -0.3 is 5.32 Å². The molecule has 0 fully saturated rings. The van der Waals surface area contributed by atoms with E-state index in [1.807, 2.05) is 7.05 Å². The zero-order chi connectivity index (χ0) is 11.4. The van der Waals surface area contributed by atoms with E-state index >= 15 is 0 Å². The predicted octanol–water partition coefficient (Wildman–Crippen LogP) is 1.78. The molecule has 0 aliphatic rings. The summed E-state index contributed by atoms with van der Waals surface area (Å²) in [6.07, 6.45) is 2.46. The number of hydrogen-bond donors (Lipinski definition) is 1. The van der Waals surface area contributed by atoms with Crippen LogP contribution >= 0.6 is 0 Å². The molecule has 0 saturated carbocycles. The molecule has 1 N–H and O–H groups in total. The van der Waals surface area contributed by atoms with Gasteiger partial charge >= 0.3 is 0 Å². The van der Waals surface area contributed by atoms with Crippen LogP contribution in [0, 0.1) is 6.92 Å². The monoisotopic (exact) mass is 216 g/mol. The molecule has 0 amide bonds. The Hall–Kier alpha value is -1.84. The van der Waals surface area contributed by atoms with Crippen molar-refractivity contribution >= 4 is 5.69 Å². The second-order valence-electron chi connectivity index (χ2n) is 3.84. The summed E-state index contributed by atoms with van der Waals surface area (Å²) in [6, 6.07) is 8.38. The number of aryl methyl sites for hydroxylation is 2. The maximum Gasteiger partial charge on any atom is 0.138 e. The molecule has 0 spiro atoms. The van der Waals surface area contributed by atoms with Gasteiger partial charge in [-0.05, 0) is 19.1 Å². The highest BCUT2D eigenvalue weighted by atomic mass is 15.3. The van der Waals surface area contributed by atoms with E-state index in [-0.39, 0.29) is 0 Å². The van der Waals surface area contributed by atoms with Crippen molar-refractivity contribution in [2.24, 2.45) is 7.05 Å². The minimum Gasteiger partial charge on any atom is -0.385 e. The summed E-state index contributed by atoms with van der Waals surface area (Å²) >= 11 is 0. The fourth-order valence-corrected chi connectivity index (χ4v) is 1.54. The third-order valence-corrected chi connectivity index (χ3v) is 2.53.